The second-order valence-corrected chi connectivity index (χ2v) is 2.56. The number of ether oxygens (including phenoxy) is 1. The molecule has 0 aromatic rings. The molecule has 0 aromatic heterocycles. The van der Waals surface area contributed by atoms with Crippen LogP contribution in [0.1, 0.15) is 0 Å². The van der Waals surface area contributed by atoms with Gasteiger partial charge in [0.05, 0.1) is 13.2 Å². The fraction of sp³-hybridized carbons (Fsp3) is 0.800. The van der Waals surface area contributed by atoms with Crippen molar-refractivity contribution in [3.05, 3.63) is 0 Å². The molecule has 46 valence electrons. The Bertz CT molecular complexity index is 80.5. The maximum Gasteiger partial charge on any atom is 0.0601 e. The summed E-state index contributed by atoms with van der Waals surface area (Å²) < 4.78 is 7.38. The van der Waals surface area contributed by atoms with E-state index in [1.54, 1.807) is 0 Å². The summed E-state index contributed by atoms with van der Waals surface area (Å²) in [6.45, 7) is 3.85. The van der Waals surface area contributed by atoms with Crippen molar-refractivity contribution in [3.63, 3.8) is 0 Å². The van der Waals surface area contributed by atoms with Crippen molar-refractivity contribution in [1.29, 1.82) is 0 Å². The van der Waals surface area contributed by atoms with Gasteiger partial charge in [0, 0.05) is 13.1 Å². The Morgan fingerprint density at radius 2 is 2.00 bits per heavy atom. The zero-order chi connectivity index (χ0) is 5.82. The van der Waals surface area contributed by atoms with E-state index in [4.69, 9.17) is 4.74 Å². The molecule has 0 atom stereocenters. The standard InChI is InChI=1S/C5H10NOP/c1-8-6-2-4-7-5-3-6/h1-5H2. The van der Waals surface area contributed by atoms with Crippen molar-refractivity contribution in [2.75, 3.05) is 26.3 Å². The van der Waals surface area contributed by atoms with Crippen molar-refractivity contribution in [2.45, 2.75) is 0 Å². The Morgan fingerprint density at radius 1 is 1.38 bits per heavy atom. The fourth-order valence-corrected chi connectivity index (χ4v) is 1.14. The van der Waals surface area contributed by atoms with Crippen molar-refractivity contribution in [2.24, 2.45) is 0 Å². The third-order valence-corrected chi connectivity index (χ3v) is 1.99. The van der Waals surface area contributed by atoms with Crippen LogP contribution in [0, 0.1) is 0 Å². The van der Waals surface area contributed by atoms with Gasteiger partial charge in [-0.15, -0.1) is 0 Å². The summed E-state index contributed by atoms with van der Waals surface area (Å²) in [5.74, 6) is 0. The van der Waals surface area contributed by atoms with Gasteiger partial charge >= 0.3 is 0 Å². The third kappa shape index (κ3) is 1.55. The molecule has 0 radical (unpaired) electrons. The molecule has 1 rings (SSSR count). The first-order valence-corrected chi connectivity index (χ1v) is 3.76. The SMILES string of the molecule is C=PN1CCOCC1. The van der Waals surface area contributed by atoms with Crippen LogP contribution < -0.4 is 0 Å². The predicted molar refractivity (Wildman–Crippen MR) is 36.4 cm³/mol. The average Bonchev–Trinajstić information content (AvgIpc) is 1.90. The molecule has 1 fully saturated rings. The van der Waals surface area contributed by atoms with Crippen LogP contribution in [0.2, 0.25) is 0 Å². The van der Waals surface area contributed by atoms with Gasteiger partial charge in [-0.3, -0.25) is 4.67 Å². The first-order valence-electron chi connectivity index (χ1n) is 2.73. The molecule has 1 aliphatic heterocycles. The van der Waals surface area contributed by atoms with Gasteiger partial charge in [0.15, 0.2) is 0 Å². The number of morpholine rings is 1. The maximum atomic E-state index is 5.13. The summed E-state index contributed by atoms with van der Waals surface area (Å²) >= 11 is 0. The number of hydrogen-bond donors (Lipinski definition) is 0. The normalized spacial score (nSPS) is 24.0. The van der Waals surface area contributed by atoms with Crippen molar-refractivity contribution in [3.8, 4) is 0 Å². The Balaban J connectivity index is 2.22. The van der Waals surface area contributed by atoms with Gasteiger partial charge in [0.1, 0.15) is 0 Å². The molecule has 1 saturated heterocycles. The van der Waals surface area contributed by atoms with Crippen LogP contribution in [-0.2, 0) is 4.74 Å². The molecule has 0 aliphatic carbocycles. The van der Waals surface area contributed by atoms with E-state index < -0.39 is 0 Å². The van der Waals surface area contributed by atoms with Crippen molar-refractivity contribution >= 4 is 14.7 Å². The minimum absolute atomic E-state index is 0.878. The van der Waals surface area contributed by atoms with E-state index in [0.717, 1.165) is 34.7 Å². The van der Waals surface area contributed by atoms with E-state index in [2.05, 4.69) is 11.0 Å². The lowest BCUT2D eigenvalue weighted by atomic mass is 10.5. The maximum absolute atomic E-state index is 5.13. The van der Waals surface area contributed by atoms with E-state index in [1.807, 2.05) is 0 Å². The molecular formula is C5H10NOP. The Kier molecular flexibility index (Phi) is 2.47. The lowest BCUT2D eigenvalue weighted by Crippen LogP contribution is -2.28. The third-order valence-electron chi connectivity index (χ3n) is 1.19. The number of nitrogens with zero attached hydrogens (tertiary/aromatic N) is 1. The molecule has 0 unspecified atom stereocenters. The second-order valence-electron chi connectivity index (χ2n) is 1.71. The van der Waals surface area contributed by atoms with Crippen LogP contribution in [0.3, 0.4) is 0 Å². The van der Waals surface area contributed by atoms with E-state index in [9.17, 15) is 0 Å². The van der Waals surface area contributed by atoms with Gasteiger partial charge in [0.25, 0.3) is 0 Å². The number of hydrogen-bond acceptors (Lipinski definition) is 2. The van der Waals surface area contributed by atoms with Gasteiger partial charge in [-0.2, -0.15) is 0 Å². The molecule has 1 aliphatic rings. The Morgan fingerprint density at radius 3 is 2.38 bits per heavy atom. The lowest BCUT2D eigenvalue weighted by molar-refractivity contribution is 0.0767. The molecule has 2 nitrogen and oxygen atoms in total. The lowest BCUT2D eigenvalue weighted by Gasteiger charge is -2.21. The molecule has 0 saturated carbocycles. The van der Waals surface area contributed by atoms with E-state index >= 15 is 0 Å². The topological polar surface area (TPSA) is 12.5 Å². The molecule has 0 aromatic carbocycles. The zero-order valence-electron chi connectivity index (χ0n) is 4.84. The largest absolute Gasteiger partial charge is 0.379 e. The highest BCUT2D eigenvalue weighted by Crippen LogP contribution is 2.05. The summed E-state index contributed by atoms with van der Waals surface area (Å²) in [5.41, 5.74) is 0. The first kappa shape index (κ1) is 6.21. The van der Waals surface area contributed by atoms with Gasteiger partial charge in [-0.1, -0.05) is 6.30 Å². The molecular weight excluding hydrogens is 121 g/mol. The molecule has 0 N–H and O–H groups in total. The van der Waals surface area contributed by atoms with Gasteiger partial charge in [-0.25, -0.2) is 0 Å². The van der Waals surface area contributed by atoms with Crippen LogP contribution in [0.25, 0.3) is 0 Å². The van der Waals surface area contributed by atoms with Crippen molar-refractivity contribution in [1.82, 2.24) is 4.67 Å². The molecule has 1 heterocycles. The highest BCUT2D eigenvalue weighted by atomic mass is 31.1. The first-order chi connectivity index (χ1) is 3.93. The van der Waals surface area contributed by atoms with E-state index in [-0.39, 0.29) is 0 Å². The smallest absolute Gasteiger partial charge is 0.0601 e. The van der Waals surface area contributed by atoms with Gasteiger partial charge in [-0.05, 0) is 8.35 Å². The van der Waals surface area contributed by atoms with Gasteiger partial charge in [0.2, 0.25) is 0 Å². The molecule has 8 heavy (non-hydrogen) atoms. The minimum atomic E-state index is 0.878. The molecule has 0 amide bonds. The summed E-state index contributed by atoms with van der Waals surface area (Å²) in [7, 11) is 1.13. The second kappa shape index (κ2) is 3.18. The van der Waals surface area contributed by atoms with Crippen LogP contribution in [0.4, 0.5) is 0 Å². The quantitative estimate of drug-likeness (QED) is 0.483. The average molecular weight is 131 g/mol. The zero-order valence-corrected chi connectivity index (χ0v) is 5.73. The summed E-state index contributed by atoms with van der Waals surface area (Å²) in [6.07, 6.45) is 3.75. The number of rotatable bonds is 1. The molecule has 0 spiro atoms. The summed E-state index contributed by atoms with van der Waals surface area (Å²) in [6, 6.07) is 0. The Labute approximate surface area is 51.3 Å². The van der Waals surface area contributed by atoms with Crippen LogP contribution >= 0.6 is 8.35 Å². The predicted octanol–water partition coefficient (Wildman–Crippen LogP) is 0.612. The van der Waals surface area contributed by atoms with Crippen LogP contribution in [0.15, 0.2) is 0 Å². The van der Waals surface area contributed by atoms with E-state index in [0.29, 0.717) is 0 Å². The summed E-state index contributed by atoms with van der Waals surface area (Å²) in [4.78, 5) is 0. The monoisotopic (exact) mass is 131 g/mol. The van der Waals surface area contributed by atoms with Crippen LogP contribution in [0.5, 0.6) is 0 Å². The molecule has 0 bridgehead atoms. The van der Waals surface area contributed by atoms with Gasteiger partial charge < -0.3 is 4.74 Å². The van der Waals surface area contributed by atoms with E-state index in [1.165, 1.54) is 0 Å². The fourth-order valence-electron chi connectivity index (χ4n) is 0.695. The van der Waals surface area contributed by atoms with Crippen LogP contribution in [-0.4, -0.2) is 37.3 Å². The Hall–Kier alpha value is 0.0900. The highest BCUT2D eigenvalue weighted by Gasteiger charge is 2.05. The minimum Gasteiger partial charge on any atom is -0.379 e. The molecule has 3 heteroatoms. The highest BCUT2D eigenvalue weighted by molar-refractivity contribution is 7.33. The van der Waals surface area contributed by atoms with Crippen molar-refractivity contribution < 1.29 is 4.74 Å². The summed E-state index contributed by atoms with van der Waals surface area (Å²) in [5, 5.41) is 0.